The van der Waals surface area contributed by atoms with Crippen molar-refractivity contribution in [2.75, 3.05) is 0 Å². The molecule has 0 aliphatic heterocycles. The van der Waals surface area contributed by atoms with E-state index in [1.165, 1.54) is 17.7 Å². The maximum Gasteiger partial charge on any atom is 1.00 e. The zero-order valence-corrected chi connectivity index (χ0v) is 21.6. The van der Waals surface area contributed by atoms with Crippen LogP contribution in [0.5, 0.6) is 5.75 Å². The van der Waals surface area contributed by atoms with Crippen molar-refractivity contribution in [3.63, 3.8) is 0 Å². The monoisotopic (exact) mass is 473 g/mol. The van der Waals surface area contributed by atoms with Crippen molar-refractivity contribution in [2.24, 2.45) is 5.73 Å². The van der Waals surface area contributed by atoms with E-state index in [0.29, 0.717) is 22.8 Å². The molecule has 34 heavy (non-hydrogen) atoms. The van der Waals surface area contributed by atoms with Gasteiger partial charge in [0.05, 0.1) is 5.97 Å². The number of halogens is 2. The third-order valence-electron chi connectivity index (χ3n) is 5.26. The SMILES string of the molecule is CC(C)c1ccc(C(=CCC(N)C(=O)[O-])c2ccccc2OCc2cc(F)cc(F)c2)cc1.[Na+]. The molecule has 0 saturated carbocycles. The largest absolute Gasteiger partial charge is 1.00 e. The minimum absolute atomic E-state index is 0. The minimum atomic E-state index is -1.33. The fourth-order valence-corrected chi connectivity index (χ4v) is 3.44. The molecule has 3 aromatic rings. The van der Waals surface area contributed by atoms with Crippen molar-refractivity contribution >= 4 is 11.5 Å². The number of carboxylic acids is 1. The van der Waals surface area contributed by atoms with Crippen LogP contribution in [0.25, 0.3) is 5.57 Å². The van der Waals surface area contributed by atoms with Crippen LogP contribution in [-0.2, 0) is 11.4 Å². The number of carbonyl (C=O) groups is 1. The van der Waals surface area contributed by atoms with E-state index in [0.717, 1.165) is 17.2 Å². The molecule has 0 aromatic heterocycles. The van der Waals surface area contributed by atoms with E-state index in [1.54, 1.807) is 18.2 Å². The van der Waals surface area contributed by atoms with Crippen LogP contribution >= 0.6 is 0 Å². The van der Waals surface area contributed by atoms with Crippen LogP contribution < -0.4 is 45.1 Å². The molecule has 1 atom stereocenters. The number of hydrogen-bond acceptors (Lipinski definition) is 4. The van der Waals surface area contributed by atoms with Gasteiger partial charge in [0, 0.05) is 17.7 Å². The summed E-state index contributed by atoms with van der Waals surface area (Å²) in [5.41, 5.74) is 9.50. The molecule has 0 spiro atoms. The number of aliphatic carboxylic acids is 1. The van der Waals surface area contributed by atoms with Crippen LogP contribution in [0.1, 0.15) is 48.4 Å². The van der Waals surface area contributed by atoms with Gasteiger partial charge < -0.3 is 20.4 Å². The number of para-hydroxylation sites is 1. The van der Waals surface area contributed by atoms with Crippen molar-refractivity contribution in [3.8, 4) is 5.75 Å². The van der Waals surface area contributed by atoms with Crippen LogP contribution in [0, 0.1) is 11.6 Å². The van der Waals surface area contributed by atoms with Gasteiger partial charge in [-0.1, -0.05) is 62.4 Å². The maximum atomic E-state index is 13.5. The van der Waals surface area contributed by atoms with Gasteiger partial charge in [-0.2, -0.15) is 0 Å². The first-order chi connectivity index (χ1) is 15.7. The molecule has 172 valence electrons. The molecule has 0 aliphatic rings. The van der Waals surface area contributed by atoms with Crippen LogP contribution in [-0.4, -0.2) is 12.0 Å². The molecule has 0 amide bonds. The molecule has 0 fully saturated rings. The topological polar surface area (TPSA) is 75.4 Å². The number of carboxylic acid groups (broad SMARTS) is 1. The first-order valence-corrected chi connectivity index (χ1v) is 10.7. The third kappa shape index (κ3) is 7.50. The first kappa shape index (κ1) is 27.7. The molecule has 0 saturated heterocycles. The molecule has 4 nitrogen and oxygen atoms in total. The van der Waals surface area contributed by atoms with Gasteiger partial charge in [-0.05, 0) is 52.8 Å². The second kappa shape index (κ2) is 12.8. The predicted molar refractivity (Wildman–Crippen MR) is 122 cm³/mol. The zero-order chi connectivity index (χ0) is 24.0. The number of hydrogen-bond donors (Lipinski definition) is 1. The fraction of sp³-hybridized carbons (Fsp3) is 0.222. The standard InChI is InChI=1S/C27H27F2NO3.Na/c1-17(2)19-7-9-20(10-8-19)23(11-12-25(30)27(31)32)24-5-3-4-6-26(24)33-16-18-13-21(28)15-22(29)14-18;/h3-11,13-15,17,25H,12,16,30H2,1-2H3,(H,31,32);/q;+1/p-1. The zero-order valence-electron chi connectivity index (χ0n) is 19.6. The summed E-state index contributed by atoms with van der Waals surface area (Å²) in [6.45, 7) is 4.16. The predicted octanol–water partition coefficient (Wildman–Crippen LogP) is 1.57. The summed E-state index contributed by atoms with van der Waals surface area (Å²) in [6, 6.07) is 17.3. The molecule has 7 heteroatoms. The van der Waals surface area contributed by atoms with Crippen molar-refractivity contribution in [3.05, 3.63) is 107 Å². The Morgan fingerprint density at radius 1 is 1.03 bits per heavy atom. The number of nitrogens with two attached hydrogens (primary N) is 1. The van der Waals surface area contributed by atoms with E-state index in [4.69, 9.17) is 10.5 Å². The van der Waals surface area contributed by atoms with Crippen LogP contribution in [0.2, 0.25) is 0 Å². The summed E-state index contributed by atoms with van der Waals surface area (Å²) in [7, 11) is 0. The average molecular weight is 473 g/mol. The molecule has 3 rings (SSSR count). The molecular formula is C27H26F2NNaO3. The van der Waals surface area contributed by atoms with Crippen LogP contribution in [0.3, 0.4) is 0 Å². The smallest absolute Gasteiger partial charge is 0.548 e. The quantitative estimate of drug-likeness (QED) is 0.479. The van der Waals surface area contributed by atoms with Crippen LogP contribution in [0.4, 0.5) is 8.78 Å². The van der Waals surface area contributed by atoms with Crippen molar-refractivity contribution in [1.82, 2.24) is 0 Å². The van der Waals surface area contributed by atoms with E-state index < -0.39 is 23.6 Å². The minimum Gasteiger partial charge on any atom is -0.548 e. The Labute approximate surface area is 220 Å². The van der Waals surface area contributed by atoms with Crippen molar-refractivity contribution in [1.29, 1.82) is 0 Å². The molecule has 2 N–H and O–H groups in total. The van der Waals surface area contributed by atoms with E-state index in [9.17, 15) is 18.7 Å². The summed E-state index contributed by atoms with van der Waals surface area (Å²) < 4.78 is 33.0. The summed E-state index contributed by atoms with van der Waals surface area (Å²) in [4.78, 5) is 11.1. The Hall–Kier alpha value is -2.51. The maximum absolute atomic E-state index is 13.5. The summed E-state index contributed by atoms with van der Waals surface area (Å²) in [5.74, 6) is -1.84. The van der Waals surface area contributed by atoms with E-state index in [2.05, 4.69) is 13.8 Å². The molecule has 1 unspecified atom stereocenters. The molecular weight excluding hydrogens is 447 g/mol. The van der Waals surface area contributed by atoms with E-state index in [-0.39, 0.29) is 42.6 Å². The first-order valence-electron chi connectivity index (χ1n) is 10.7. The molecule has 3 aromatic carbocycles. The summed E-state index contributed by atoms with van der Waals surface area (Å²) >= 11 is 0. The van der Waals surface area contributed by atoms with Gasteiger partial charge in [0.1, 0.15) is 24.0 Å². The summed E-state index contributed by atoms with van der Waals surface area (Å²) in [5, 5.41) is 11.1. The Morgan fingerprint density at radius 2 is 1.65 bits per heavy atom. The Bertz CT molecular complexity index is 1130. The number of rotatable bonds is 9. The average Bonchev–Trinajstić information content (AvgIpc) is 2.78. The van der Waals surface area contributed by atoms with Gasteiger partial charge in [-0.25, -0.2) is 8.78 Å². The molecule has 0 heterocycles. The normalized spacial score (nSPS) is 12.2. The van der Waals surface area contributed by atoms with Gasteiger partial charge in [-0.15, -0.1) is 0 Å². The Balaban J connectivity index is 0.00000408. The van der Waals surface area contributed by atoms with Gasteiger partial charge in [-0.3, -0.25) is 0 Å². The number of benzene rings is 3. The Kier molecular flexibility index (Phi) is 10.5. The molecule has 0 aliphatic carbocycles. The second-order valence-corrected chi connectivity index (χ2v) is 8.12. The second-order valence-electron chi connectivity index (χ2n) is 8.12. The van der Waals surface area contributed by atoms with Crippen LogP contribution in [0.15, 0.2) is 72.8 Å². The van der Waals surface area contributed by atoms with Gasteiger partial charge in [0.2, 0.25) is 0 Å². The summed E-state index contributed by atoms with van der Waals surface area (Å²) in [6.07, 6.45) is 1.81. The van der Waals surface area contributed by atoms with Gasteiger partial charge >= 0.3 is 29.6 Å². The number of carbonyl (C=O) groups excluding carboxylic acids is 1. The van der Waals surface area contributed by atoms with E-state index in [1.807, 2.05) is 36.4 Å². The third-order valence-corrected chi connectivity index (χ3v) is 5.26. The molecule has 0 bridgehead atoms. The fourth-order valence-electron chi connectivity index (χ4n) is 3.44. The molecule has 0 radical (unpaired) electrons. The van der Waals surface area contributed by atoms with Gasteiger partial charge in [0.25, 0.3) is 0 Å². The van der Waals surface area contributed by atoms with Crippen molar-refractivity contribution in [2.45, 2.75) is 38.8 Å². The van der Waals surface area contributed by atoms with Gasteiger partial charge in [0.15, 0.2) is 0 Å². The van der Waals surface area contributed by atoms with Crippen molar-refractivity contribution < 1.29 is 53.0 Å². The Morgan fingerprint density at radius 3 is 2.24 bits per heavy atom. The van der Waals surface area contributed by atoms with E-state index >= 15 is 0 Å². The number of ether oxygens (including phenoxy) is 1.